The number of hydrogen-bond acceptors (Lipinski definition) is 4. The van der Waals surface area contributed by atoms with Gasteiger partial charge in [-0.15, -0.1) is 0 Å². The first kappa shape index (κ1) is 14.6. The summed E-state index contributed by atoms with van der Waals surface area (Å²) in [6.45, 7) is -0.0318. The zero-order chi connectivity index (χ0) is 15.9. The zero-order valence-corrected chi connectivity index (χ0v) is 11.2. The first-order chi connectivity index (χ1) is 10.3. The number of aromatic nitrogens is 1. The molecule has 5 nitrogen and oxygen atoms in total. The van der Waals surface area contributed by atoms with Crippen LogP contribution in [0.15, 0.2) is 35.2 Å². The average molecular weight is 312 g/mol. The van der Waals surface area contributed by atoms with E-state index < -0.39 is 23.8 Å². The minimum Gasteiger partial charge on any atom is -0.444 e. The number of β-amino-alcohol motifs (C(OH)–C–C–N with tert-alkyl or cyclic N) is 1. The Kier molecular flexibility index (Phi) is 3.40. The number of carbonyl (C=O) groups excluding carboxylic acids is 1. The lowest BCUT2D eigenvalue weighted by Crippen LogP contribution is -2.25. The maximum absolute atomic E-state index is 13.1. The largest absolute Gasteiger partial charge is 0.444 e. The molecule has 0 spiro atoms. The predicted molar refractivity (Wildman–Crippen MR) is 69.9 cm³/mol. The number of rotatable bonds is 2. The molecule has 0 radical (unpaired) electrons. The number of amides is 1. The highest BCUT2D eigenvalue weighted by Crippen LogP contribution is 2.36. The first-order valence-electron chi connectivity index (χ1n) is 6.44. The zero-order valence-electron chi connectivity index (χ0n) is 11.2. The van der Waals surface area contributed by atoms with E-state index >= 15 is 0 Å². The van der Waals surface area contributed by atoms with E-state index in [1.54, 1.807) is 0 Å². The van der Waals surface area contributed by atoms with Gasteiger partial charge in [0.1, 0.15) is 0 Å². The van der Waals surface area contributed by atoms with E-state index in [0.717, 1.165) is 23.4 Å². The van der Waals surface area contributed by atoms with E-state index in [-0.39, 0.29) is 30.0 Å². The van der Waals surface area contributed by atoms with Crippen LogP contribution in [0.5, 0.6) is 0 Å². The van der Waals surface area contributed by atoms with E-state index in [2.05, 4.69) is 4.98 Å². The first-order valence-corrected chi connectivity index (χ1v) is 6.44. The monoisotopic (exact) mass is 312 g/mol. The summed E-state index contributed by atoms with van der Waals surface area (Å²) in [6.07, 6.45) is -3.14. The van der Waals surface area contributed by atoms with Crippen molar-refractivity contribution in [3.63, 3.8) is 0 Å². The summed E-state index contributed by atoms with van der Waals surface area (Å²) in [5.41, 5.74) is -0.662. The van der Waals surface area contributed by atoms with Gasteiger partial charge in [0, 0.05) is 11.3 Å². The Morgan fingerprint density at radius 1 is 1.32 bits per heavy atom. The third-order valence-electron chi connectivity index (χ3n) is 3.38. The van der Waals surface area contributed by atoms with E-state index in [1.165, 1.54) is 12.3 Å². The number of aliphatic hydroxyl groups is 1. The van der Waals surface area contributed by atoms with Gasteiger partial charge in [0.2, 0.25) is 5.91 Å². The number of aliphatic hydroxyl groups excluding tert-OH is 1. The molecular formula is C14H11F3N2O3. The van der Waals surface area contributed by atoms with Gasteiger partial charge in [-0.2, -0.15) is 13.2 Å². The highest BCUT2D eigenvalue weighted by Gasteiger charge is 2.34. The number of nitrogens with zero attached hydrogens (tertiary/aromatic N) is 2. The number of oxazole rings is 1. The normalized spacial score (nSPS) is 19.0. The van der Waals surface area contributed by atoms with Gasteiger partial charge in [-0.25, -0.2) is 4.98 Å². The lowest BCUT2D eigenvalue weighted by atomic mass is 10.1. The van der Waals surface area contributed by atoms with E-state index in [0.29, 0.717) is 0 Å². The van der Waals surface area contributed by atoms with Crippen LogP contribution in [0, 0.1) is 0 Å². The smallest absolute Gasteiger partial charge is 0.416 e. The summed E-state index contributed by atoms with van der Waals surface area (Å²) in [5.74, 6) is -0.255. The average Bonchev–Trinajstić information content (AvgIpc) is 3.07. The third-order valence-corrected chi connectivity index (χ3v) is 3.38. The van der Waals surface area contributed by atoms with Crippen LogP contribution in [0.1, 0.15) is 12.0 Å². The Balaban J connectivity index is 2.10. The van der Waals surface area contributed by atoms with Gasteiger partial charge in [0.05, 0.1) is 30.8 Å². The summed E-state index contributed by atoms with van der Waals surface area (Å²) in [5, 5.41) is 9.50. The number of halogens is 3. The van der Waals surface area contributed by atoms with Crippen LogP contribution in [0.25, 0.3) is 11.3 Å². The molecule has 1 aromatic heterocycles. The van der Waals surface area contributed by atoms with Crippen LogP contribution in [0.3, 0.4) is 0 Å². The maximum Gasteiger partial charge on any atom is 0.416 e. The molecule has 1 aliphatic rings. The summed E-state index contributed by atoms with van der Waals surface area (Å²) in [6, 6.07) is 3.22. The summed E-state index contributed by atoms with van der Waals surface area (Å²) >= 11 is 0. The van der Waals surface area contributed by atoms with Gasteiger partial charge in [-0.05, 0) is 18.2 Å². The van der Waals surface area contributed by atoms with Gasteiger partial charge in [0.25, 0.3) is 0 Å². The molecule has 1 atom stereocenters. The lowest BCUT2D eigenvalue weighted by Gasteiger charge is -2.19. The molecule has 0 bridgehead atoms. The number of hydrogen-bond donors (Lipinski definition) is 1. The third kappa shape index (κ3) is 2.69. The molecule has 116 valence electrons. The van der Waals surface area contributed by atoms with Gasteiger partial charge >= 0.3 is 6.18 Å². The predicted octanol–water partition coefficient (Wildman–Crippen LogP) is 2.46. The molecule has 3 rings (SSSR count). The number of anilines is 1. The molecule has 1 amide bonds. The van der Waals surface area contributed by atoms with Gasteiger partial charge < -0.3 is 14.4 Å². The van der Waals surface area contributed by atoms with E-state index in [1.807, 2.05) is 0 Å². The van der Waals surface area contributed by atoms with E-state index in [4.69, 9.17) is 4.42 Å². The molecule has 8 heteroatoms. The molecule has 2 heterocycles. The summed E-state index contributed by atoms with van der Waals surface area (Å²) in [4.78, 5) is 16.6. The fourth-order valence-corrected chi connectivity index (χ4v) is 2.37. The Morgan fingerprint density at radius 2 is 2.09 bits per heavy atom. The van der Waals surface area contributed by atoms with Crippen LogP contribution in [0.2, 0.25) is 0 Å². The Morgan fingerprint density at radius 3 is 2.64 bits per heavy atom. The van der Waals surface area contributed by atoms with Crippen molar-refractivity contribution in [2.45, 2.75) is 18.7 Å². The molecule has 22 heavy (non-hydrogen) atoms. The van der Waals surface area contributed by atoms with Crippen molar-refractivity contribution >= 4 is 11.6 Å². The highest BCUT2D eigenvalue weighted by molar-refractivity contribution is 5.96. The molecule has 1 saturated heterocycles. The van der Waals surface area contributed by atoms with Gasteiger partial charge in [0.15, 0.2) is 12.2 Å². The SMILES string of the molecule is O=C1CC(O)CN1c1cc(-c2cnco2)cc(C(F)(F)F)c1. The second-order valence-corrected chi connectivity index (χ2v) is 4.99. The van der Waals surface area contributed by atoms with Crippen LogP contribution in [-0.2, 0) is 11.0 Å². The van der Waals surface area contributed by atoms with Crippen molar-refractivity contribution < 1.29 is 27.5 Å². The van der Waals surface area contributed by atoms with Crippen molar-refractivity contribution in [3.8, 4) is 11.3 Å². The van der Waals surface area contributed by atoms with Crippen molar-refractivity contribution in [3.05, 3.63) is 36.4 Å². The van der Waals surface area contributed by atoms with Crippen molar-refractivity contribution in [1.82, 2.24) is 4.98 Å². The highest BCUT2D eigenvalue weighted by atomic mass is 19.4. The number of benzene rings is 1. The van der Waals surface area contributed by atoms with Crippen LogP contribution < -0.4 is 4.90 Å². The summed E-state index contributed by atoms with van der Waals surface area (Å²) < 4.78 is 44.2. The molecule has 0 saturated carbocycles. The Labute approximate surface area is 123 Å². The standard InChI is InChI=1S/C14H11F3N2O3/c15-14(16,17)9-1-8(12-5-18-7-22-12)2-10(3-9)19-6-11(20)4-13(19)21/h1-3,5,7,11,20H,4,6H2. The lowest BCUT2D eigenvalue weighted by molar-refractivity contribution is -0.137. The van der Waals surface area contributed by atoms with Crippen LogP contribution in [-0.4, -0.2) is 28.6 Å². The molecule has 1 aromatic carbocycles. The van der Waals surface area contributed by atoms with Crippen LogP contribution in [0.4, 0.5) is 18.9 Å². The molecule has 0 aliphatic carbocycles. The minimum absolute atomic E-state index is 0.0318. The Bertz CT molecular complexity index is 698. The number of carbonyl (C=O) groups is 1. The molecule has 1 aliphatic heterocycles. The van der Waals surface area contributed by atoms with Crippen molar-refractivity contribution in [1.29, 1.82) is 0 Å². The molecule has 1 unspecified atom stereocenters. The molecule has 1 fully saturated rings. The van der Waals surface area contributed by atoms with E-state index in [9.17, 15) is 23.1 Å². The fraction of sp³-hybridized carbons (Fsp3) is 0.286. The maximum atomic E-state index is 13.1. The van der Waals surface area contributed by atoms with Crippen LogP contribution >= 0.6 is 0 Å². The fourth-order valence-electron chi connectivity index (χ4n) is 2.37. The number of alkyl halides is 3. The molecule has 2 aromatic rings. The van der Waals surface area contributed by atoms with Crippen molar-refractivity contribution in [2.75, 3.05) is 11.4 Å². The minimum atomic E-state index is -4.56. The molecule has 1 N–H and O–H groups in total. The van der Waals surface area contributed by atoms with Gasteiger partial charge in [-0.3, -0.25) is 4.79 Å². The topological polar surface area (TPSA) is 66.6 Å². The molecular weight excluding hydrogens is 301 g/mol. The second kappa shape index (κ2) is 5.13. The second-order valence-electron chi connectivity index (χ2n) is 4.99. The summed E-state index contributed by atoms with van der Waals surface area (Å²) in [7, 11) is 0. The Hall–Kier alpha value is -2.35. The van der Waals surface area contributed by atoms with Gasteiger partial charge in [-0.1, -0.05) is 0 Å². The van der Waals surface area contributed by atoms with Crippen molar-refractivity contribution in [2.24, 2.45) is 0 Å². The quantitative estimate of drug-likeness (QED) is 0.925.